The molecule has 3 nitrogen and oxygen atoms in total. The van der Waals surface area contributed by atoms with E-state index in [1.54, 1.807) is 0 Å². The molecule has 0 saturated carbocycles. The molecule has 88 valence electrons. The van der Waals surface area contributed by atoms with Gasteiger partial charge in [0.25, 0.3) is 5.91 Å². The molecule has 1 heterocycles. The lowest BCUT2D eigenvalue weighted by atomic mass is 10.2. The molecule has 6 heteroatoms. The minimum atomic E-state index is -0.412. The highest BCUT2D eigenvalue weighted by Crippen LogP contribution is 2.27. The van der Waals surface area contributed by atoms with Gasteiger partial charge in [-0.05, 0) is 24.3 Å². The van der Waals surface area contributed by atoms with E-state index in [0.717, 1.165) is 11.8 Å². The number of thioether (sulfide) groups is 1. The molecule has 0 aliphatic carbocycles. The molecule has 1 aromatic carbocycles. The SMILES string of the molecule is COc1ccc(F)c(/C=C2/SC(=S)NC2=O)c1. The molecule has 1 amide bonds. The van der Waals surface area contributed by atoms with Crippen molar-refractivity contribution in [2.24, 2.45) is 0 Å². The third-order valence-electron chi connectivity index (χ3n) is 2.13. The number of thiocarbonyl (C=S) groups is 1. The standard InChI is InChI=1S/C11H8FNO2S2/c1-15-7-2-3-8(12)6(4-7)5-9-10(14)13-11(16)17-9/h2-5H,1H3,(H,13,14,16)/b9-5+. The van der Waals surface area contributed by atoms with Crippen molar-refractivity contribution < 1.29 is 13.9 Å². The number of hydrogen-bond donors (Lipinski definition) is 1. The maximum atomic E-state index is 13.5. The summed E-state index contributed by atoms with van der Waals surface area (Å²) in [6, 6.07) is 4.34. The van der Waals surface area contributed by atoms with Gasteiger partial charge in [-0.2, -0.15) is 0 Å². The van der Waals surface area contributed by atoms with Gasteiger partial charge < -0.3 is 10.1 Å². The molecule has 0 aromatic heterocycles. The van der Waals surface area contributed by atoms with E-state index < -0.39 is 5.82 Å². The van der Waals surface area contributed by atoms with Crippen molar-refractivity contribution in [3.8, 4) is 5.75 Å². The van der Waals surface area contributed by atoms with Gasteiger partial charge in [-0.1, -0.05) is 24.0 Å². The highest BCUT2D eigenvalue weighted by atomic mass is 32.2. The van der Waals surface area contributed by atoms with E-state index in [9.17, 15) is 9.18 Å². The number of carbonyl (C=O) groups is 1. The third-order valence-corrected chi connectivity index (χ3v) is 3.29. The van der Waals surface area contributed by atoms with Crippen LogP contribution in [-0.2, 0) is 4.79 Å². The first kappa shape index (κ1) is 12.1. The number of benzene rings is 1. The first-order chi connectivity index (χ1) is 8.10. The number of methoxy groups -OCH3 is 1. The van der Waals surface area contributed by atoms with Crippen LogP contribution in [-0.4, -0.2) is 17.3 Å². The van der Waals surface area contributed by atoms with Crippen LogP contribution in [0, 0.1) is 5.82 Å². The van der Waals surface area contributed by atoms with Gasteiger partial charge in [0, 0.05) is 5.56 Å². The van der Waals surface area contributed by atoms with Crippen molar-refractivity contribution in [2.45, 2.75) is 0 Å². The quantitative estimate of drug-likeness (QED) is 0.660. The second kappa shape index (κ2) is 4.85. The summed E-state index contributed by atoms with van der Waals surface area (Å²) in [4.78, 5) is 11.8. The van der Waals surface area contributed by atoms with Gasteiger partial charge in [0.15, 0.2) is 0 Å². The summed E-state index contributed by atoms with van der Waals surface area (Å²) in [6.07, 6.45) is 1.46. The van der Waals surface area contributed by atoms with E-state index >= 15 is 0 Å². The Kier molecular flexibility index (Phi) is 3.44. The molecule has 1 aliphatic heterocycles. The highest BCUT2D eigenvalue weighted by Gasteiger charge is 2.22. The molecule has 1 aromatic rings. The van der Waals surface area contributed by atoms with Gasteiger partial charge in [0.2, 0.25) is 0 Å². The lowest BCUT2D eigenvalue weighted by Crippen LogP contribution is -2.17. The molecule has 1 saturated heterocycles. The summed E-state index contributed by atoms with van der Waals surface area (Å²) in [5, 5.41) is 2.47. The van der Waals surface area contributed by atoms with E-state index in [4.69, 9.17) is 17.0 Å². The lowest BCUT2D eigenvalue weighted by molar-refractivity contribution is -0.115. The smallest absolute Gasteiger partial charge is 0.263 e. The van der Waals surface area contributed by atoms with Crippen LogP contribution in [0.3, 0.4) is 0 Å². The molecule has 2 rings (SSSR count). The Balaban J connectivity index is 2.38. The average molecular weight is 269 g/mol. The van der Waals surface area contributed by atoms with Gasteiger partial charge in [0.1, 0.15) is 15.9 Å². The maximum Gasteiger partial charge on any atom is 0.263 e. The third kappa shape index (κ3) is 2.65. The van der Waals surface area contributed by atoms with E-state index in [2.05, 4.69) is 5.32 Å². The molecular formula is C11H8FNO2S2. The fourth-order valence-corrected chi connectivity index (χ4v) is 2.36. The highest BCUT2D eigenvalue weighted by molar-refractivity contribution is 8.26. The first-order valence-electron chi connectivity index (χ1n) is 4.68. The summed E-state index contributed by atoms with van der Waals surface area (Å²) in [5.41, 5.74) is 0.298. The van der Waals surface area contributed by atoms with Gasteiger partial charge in [-0.25, -0.2) is 4.39 Å². The van der Waals surface area contributed by atoms with Crippen molar-refractivity contribution in [1.82, 2.24) is 5.32 Å². The Morgan fingerprint density at radius 1 is 1.53 bits per heavy atom. The molecule has 1 N–H and O–H groups in total. The molecule has 1 fully saturated rings. The van der Waals surface area contributed by atoms with Crippen molar-refractivity contribution in [3.63, 3.8) is 0 Å². The Morgan fingerprint density at radius 3 is 2.88 bits per heavy atom. The maximum absolute atomic E-state index is 13.5. The van der Waals surface area contributed by atoms with E-state index in [1.807, 2.05) is 0 Å². The normalized spacial score (nSPS) is 17.4. The molecule has 0 spiro atoms. The van der Waals surface area contributed by atoms with Crippen LogP contribution in [0.5, 0.6) is 5.75 Å². The zero-order valence-corrected chi connectivity index (χ0v) is 10.5. The molecule has 17 heavy (non-hydrogen) atoms. The van der Waals surface area contributed by atoms with Crippen LogP contribution in [0.2, 0.25) is 0 Å². The van der Waals surface area contributed by atoms with Crippen molar-refractivity contribution in [2.75, 3.05) is 7.11 Å². The van der Waals surface area contributed by atoms with Crippen LogP contribution in [0.1, 0.15) is 5.56 Å². The fraction of sp³-hybridized carbons (Fsp3) is 0.0909. The number of rotatable bonds is 2. The Labute approximate surface area is 107 Å². The van der Waals surface area contributed by atoms with Gasteiger partial charge in [0.05, 0.1) is 12.0 Å². The molecular weight excluding hydrogens is 261 g/mol. The molecule has 0 radical (unpaired) electrons. The first-order valence-corrected chi connectivity index (χ1v) is 5.91. The summed E-state index contributed by atoms with van der Waals surface area (Å²) in [5.74, 6) is -0.184. The Morgan fingerprint density at radius 2 is 2.29 bits per heavy atom. The van der Waals surface area contributed by atoms with Crippen molar-refractivity contribution in [1.29, 1.82) is 0 Å². The Bertz CT molecular complexity index is 528. The predicted octanol–water partition coefficient (Wildman–Crippen LogP) is 2.32. The minimum Gasteiger partial charge on any atom is -0.497 e. The Hall–Kier alpha value is -1.40. The number of halogens is 1. The zero-order valence-electron chi connectivity index (χ0n) is 8.82. The summed E-state index contributed by atoms with van der Waals surface area (Å²) in [6.45, 7) is 0. The second-order valence-electron chi connectivity index (χ2n) is 3.24. The van der Waals surface area contributed by atoms with Crippen LogP contribution in [0.25, 0.3) is 6.08 Å². The van der Waals surface area contributed by atoms with Crippen LogP contribution < -0.4 is 10.1 Å². The minimum absolute atomic E-state index is 0.298. The predicted molar refractivity (Wildman–Crippen MR) is 69.3 cm³/mol. The molecule has 0 unspecified atom stereocenters. The number of carbonyl (C=O) groups excluding carboxylic acids is 1. The van der Waals surface area contributed by atoms with Crippen LogP contribution in [0.4, 0.5) is 4.39 Å². The fourth-order valence-electron chi connectivity index (χ4n) is 1.32. The zero-order chi connectivity index (χ0) is 12.4. The van der Waals surface area contributed by atoms with Gasteiger partial charge in [-0.3, -0.25) is 4.79 Å². The number of hydrogen-bond acceptors (Lipinski definition) is 4. The topological polar surface area (TPSA) is 38.3 Å². The monoisotopic (exact) mass is 269 g/mol. The van der Waals surface area contributed by atoms with Gasteiger partial charge >= 0.3 is 0 Å². The molecule has 0 bridgehead atoms. The van der Waals surface area contributed by atoms with Gasteiger partial charge in [-0.15, -0.1) is 0 Å². The van der Waals surface area contributed by atoms with Crippen molar-refractivity contribution >= 4 is 40.3 Å². The summed E-state index contributed by atoms with van der Waals surface area (Å²) < 4.78 is 18.9. The molecule has 1 aliphatic rings. The number of amides is 1. The number of ether oxygens (including phenoxy) is 1. The molecule has 0 atom stereocenters. The van der Waals surface area contributed by atoms with Crippen molar-refractivity contribution in [3.05, 3.63) is 34.5 Å². The number of nitrogens with one attached hydrogen (secondary N) is 1. The van der Waals surface area contributed by atoms with Crippen LogP contribution in [0.15, 0.2) is 23.1 Å². The summed E-state index contributed by atoms with van der Waals surface area (Å²) >= 11 is 5.96. The van der Waals surface area contributed by atoms with Crippen LogP contribution >= 0.6 is 24.0 Å². The van der Waals surface area contributed by atoms with E-state index in [-0.39, 0.29) is 5.91 Å². The summed E-state index contributed by atoms with van der Waals surface area (Å²) in [7, 11) is 1.50. The average Bonchev–Trinajstić information content (AvgIpc) is 2.60. The second-order valence-corrected chi connectivity index (χ2v) is 4.96. The lowest BCUT2D eigenvalue weighted by Gasteiger charge is -2.02. The largest absolute Gasteiger partial charge is 0.497 e. The van der Waals surface area contributed by atoms with E-state index in [0.29, 0.717) is 20.5 Å². The van der Waals surface area contributed by atoms with E-state index in [1.165, 1.54) is 31.4 Å².